The Morgan fingerprint density at radius 2 is 1.58 bits per heavy atom. The number of carbonyl (C=O) groups excluding carboxylic acids is 1. The average Bonchev–Trinajstić information content (AvgIpc) is 2.97. The van der Waals surface area contributed by atoms with Gasteiger partial charge in [-0.25, -0.2) is 0 Å². The largest absolute Gasteiger partial charge is 0.756 e. The molecule has 0 bridgehead atoms. The molecule has 6 N–H and O–H groups in total. The van der Waals surface area contributed by atoms with E-state index in [0.29, 0.717) is 25.2 Å². The molecule has 242 valence electrons. The van der Waals surface area contributed by atoms with Crippen molar-refractivity contribution in [1.29, 1.82) is 0 Å². The molecular formula is C33H54N3O6P. The van der Waals surface area contributed by atoms with Gasteiger partial charge in [-0.05, 0) is 68.4 Å². The number of phosphoric acid groups is 1. The zero-order valence-corrected chi connectivity index (χ0v) is 27.1. The first kappa shape index (κ1) is 38.5. The van der Waals surface area contributed by atoms with Crippen molar-refractivity contribution in [1.82, 2.24) is 16.5 Å². The highest BCUT2D eigenvalue weighted by Crippen LogP contribution is 2.30. The Balaban J connectivity index is 0.00000924. The van der Waals surface area contributed by atoms with Gasteiger partial charge in [-0.3, -0.25) is 14.3 Å². The van der Waals surface area contributed by atoms with E-state index in [9.17, 15) is 14.3 Å². The number of ether oxygens (including phenoxy) is 1. The van der Waals surface area contributed by atoms with Gasteiger partial charge in [-0.15, -0.1) is 0 Å². The minimum Gasteiger partial charge on any atom is -0.756 e. The second-order valence-electron chi connectivity index (χ2n) is 10.8. The highest BCUT2D eigenvalue weighted by Gasteiger charge is 2.16. The lowest BCUT2D eigenvalue weighted by molar-refractivity contribution is -0.220. The molecule has 0 aliphatic carbocycles. The van der Waals surface area contributed by atoms with E-state index < -0.39 is 13.9 Å². The van der Waals surface area contributed by atoms with E-state index in [4.69, 9.17) is 9.63 Å². The number of benzene rings is 1. The summed E-state index contributed by atoms with van der Waals surface area (Å²) in [6, 6.07) is 12.4. The summed E-state index contributed by atoms with van der Waals surface area (Å²) in [4.78, 5) is 37.0. The molecule has 1 heterocycles. The van der Waals surface area contributed by atoms with Crippen LogP contribution in [0.2, 0.25) is 0 Å². The van der Waals surface area contributed by atoms with Gasteiger partial charge in [0, 0.05) is 12.6 Å². The fourth-order valence-electron chi connectivity index (χ4n) is 4.64. The van der Waals surface area contributed by atoms with E-state index in [0.717, 1.165) is 43.4 Å². The number of aromatic nitrogens is 1. The molecule has 0 radical (unpaired) electrons. The third-order valence-corrected chi connectivity index (χ3v) is 7.46. The minimum atomic E-state index is -4.90. The van der Waals surface area contributed by atoms with Crippen molar-refractivity contribution in [2.45, 2.75) is 116 Å². The van der Waals surface area contributed by atoms with Crippen molar-refractivity contribution in [2.75, 3.05) is 6.61 Å². The summed E-state index contributed by atoms with van der Waals surface area (Å²) in [6.45, 7) is 2.25. The molecular weight excluding hydrogens is 565 g/mol. The highest BCUT2D eigenvalue weighted by atomic mass is 31.2. The van der Waals surface area contributed by atoms with Crippen molar-refractivity contribution in [3.05, 3.63) is 72.1 Å². The van der Waals surface area contributed by atoms with Gasteiger partial charge >= 0.3 is 0 Å². The molecule has 0 fully saturated rings. The third kappa shape index (κ3) is 20.9. The molecule has 1 amide bonds. The van der Waals surface area contributed by atoms with Gasteiger partial charge in [-0.2, -0.15) is 0 Å². The Morgan fingerprint density at radius 1 is 0.953 bits per heavy atom. The number of rotatable bonds is 24. The molecule has 43 heavy (non-hydrogen) atoms. The van der Waals surface area contributed by atoms with Gasteiger partial charge in [0.1, 0.15) is 12.4 Å². The summed E-state index contributed by atoms with van der Waals surface area (Å²) < 4.78 is 21.5. The van der Waals surface area contributed by atoms with E-state index >= 15 is 0 Å². The van der Waals surface area contributed by atoms with E-state index in [2.05, 4.69) is 33.9 Å². The molecule has 2 aromatic rings. The lowest BCUT2D eigenvalue weighted by Crippen LogP contribution is -2.39. The van der Waals surface area contributed by atoms with Crippen LogP contribution in [0.4, 0.5) is 0 Å². The Hall–Kier alpha value is -2.55. The first-order valence-electron chi connectivity index (χ1n) is 15.6. The molecule has 1 unspecified atom stereocenters. The van der Waals surface area contributed by atoms with E-state index in [1.54, 1.807) is 6.20 Å². The van der Waals surface area contributed by atoms with Gasteiger partial charge in [0.2, 0.25) is 5.91 Å². The topological polar surface area (TPSA) is 157 Å². The lowest BCUT2D eigenvalue weighted by Gasteiger charge is -2.23. The number of amides is 1. The summed E-state index contributed by atoms with van der Waals surface area (Å²) in [7, 11) is -4.90. The first-order chi connectivity index (χ1) is 20.4. The first-order valence-corrected chi connectivity index (χ1v) is 17.1. The molecule has 0 saturated carbocycles. The molecule has 0 spiro atoms. The van der Waals surface area contributed by atoms with Gasteiger partial charge in [0.25, 0.3) is 7.82 Å². The van der Waals surface area contributed by atoms with Crippen LogP contribution in [0.5, 0.6) is 5.75 Å². The summed E-state index contributed by atoms with van der Waals surface area (Å²) in [6.07, 6.45) is 22.5. The molecule has 2 atom stereocenters. The van der Waals surface area contributed by atoms with E-state index in [1.807, 2.05) is 42.5 Å². The van der Waals surface area contributed by atoms with E-state index in [-0.39, 0.29) is 18.7 Å². The average molecular weight is 620 g/mol. The smallest absolute Gasteiger partial charge is 0.265 e. The Morgan fingerprint density at radius 3 is 2.19 bits per heavy atom. The Kier molecular flexibility index (Phi) is 21.3. The van der Waals surface area contributed by atoms with Crippen LogP contribution in [0.25, 0.3) is 0 Å². The molecule has 1 aromatic heterocycles. The minimum absolute atomic E-state index is 0. The van der Waals surface area contributed by atoms with Crippen molar-refractivity contribution in [3.8, 4) is 5.75 Å². The third-order valence-electron chi connectivity index (χ3n) is 6.99. The number of hydrogen-bond donors (Lipinski definition) is 3. The van der Waals surface area contributed by atoms with Crippen molar-refractivity contribution < 1.29 is 28.4 Å². The van der Waals surface area contributed by atoms with Crippen LogP contribution >= 0.6 is 7.82 Å². The Bertz CT molecular complexity index is 1050. The number of allylic oxidation sites excluding steroid dienone is 2. The van der Waals surface area contributed by atoms with Gasteiger partial charge in [-0.1, -0.05) is 88.6 Å². The molecule has 10 heteroatoms. The second kappa shape index (κ2) is 23.9. The van der Waals surface area contributed by atoms with Crippen molar-refractivity contribution in [2.24, 2.45) is 0 Å². The number of nitrogens with zero attached hydrogens (tertiary/aromatic N) is 1. The number of unbranched alkanes of at least 4 members (excludes halogenated alkanes) is 11. The van der Waals surface area contributed by atoms with Crippen LogP contribution in [0, 0.1) is 0 Å². The SMILES string of the molecule is CCCCCCCC/C=C\CCCCCCCC(=O)N[C@H](COP(=O)([O-])O)Cc1ccc(OCc2ccccn2)cc1.[NH4+]. The lowest BCUT2D eigenvalue weighted by atomic mass is 10.1. The quantitative estimate of drug-likeness (QED) is 0.0621. The number of nitrogens with one attached hydrogen (secondary N) is 1. The van der Waals surface area contributed by atoms with Crippen LogP contribution in [-0.4, -0.2) is 28.4 Å². The summed E-state index contributed by atoms with van der Waals surface area (Å²) in [5, 5.41) is 2.87. The van der Waals surface area contributed by atoms with Crippen LogP contribution in [0.15, 0.2) is 60.8 Å². The molecule has 9 nitrogen and oxygen atoms in total. The maximum absolute atomic E-state index is 12.6. The van der Waals surface area contributed by atoms with Crippen LogP contribution in [-0.2, 0) is 26.9 Å². The van der Waals surface area contributed by atoms with Crippen LogP contribution < -0.4 is 21.1 Å². The monoisotopic (exact) mass is 619 g/mol. The van der Waals surface area contributed by atoms with Crippen molar-refractivity contribution in [3.63, 3.8) is 0 Å². The van der Waals surface area contributed by atoms with Crippen molar-refractivity contribution >= 4 is 13.7 Å². The zero-order chi connectivity index (χ0) is 30.3. The highest BCUT2D eigenvalue weighted by molar-refractivity contribution is 7.44. The summed E-state index contributed by atoms with van der Waals surface area (Å²) in [5.41, 5.74) is 1.69. The van der Waals surface area contributed by atoms with Gasteiger partial charge in [0.05, 0.1) is 18.3 Å². The summed E-state index contributed by atoms with van der Waals surface area (Å²) >= 11 is 0. The number of hydrogen-bond acceptors (Lipinski definition) is 6. The van der Waals surface area contributed by atoms with Crippen LogP contribution in [0.1, 0.15) is 108 Å². The molecule has 0 aliphatic heterocycles. The fourth-order valence-corrected chi connectivity index (χ4v) is 5.01. The normalized spacial score (nSPS) is 13.3. The molecule has 0 aliphatic rings. The predicted octanol–water partition coefficient (Wildman–Crippen LogP) is 7.58. The Labute approximate surface area is 258 Å². The number of phosphoric ester groups is 1. The zero-order valence-electron chi connectivity index (χ0n) is 26.3. The van der Waals surface area contributed by atoms with Gasteiger partial charge < -0.3 is 30.5 Å². The van der Waals surface area contributed by atoms with Crippen LogP contribution in [0.3, 0.4) is 0 Å². The fraction of sp³-hybridized carbons (Fsp3) is 0.576. The second-order valence-corrected chi connectivity index (χ2v) is 12.0. The number of carbonyl (C=O) groups is 1. The molecule has 1 aromatic carbocycles. The number of quaternary nitrogens is 1. The maximum Gasteiger partial charge on any atom is 0.265 e. The standard InChI is InChI=1S/C33H51N2O6P.H3N/c1-2-3-4-5-6-7-8-9-10-11-12-13-14-15-16-20-33(36)35-31(28-41-42(37,38)39)26-29-21-23-32(24-22-29)40-27-30-19-17-18-25-34-30;/h9-10,17-19,21-25,31H,2-8,11-16,20,26-28H2,1H3,(H,35,36)(H2,37,38,39);1H3/b10-9-;/t31-;/m0./s1. The predicted molar refractivity (Wildman–Crippen MR) is 172 cm³/mol. The number of pyridine rings is 1. The maximum atomic E-state index is 12.6. The van der Waals surface area contributed by atoms with Gasteiger partial charge in [0.15, 0.2) is 0 Å². The molecule has 0 saturated heterocycles. The van der Waals surface area contributed by atoms with E-state index in [1.165, 1.54) is 51.4 Å². The summed E-state index contributed by atoms with van der Waals surface area (Å²) in [5.74, 6) is 0.514. The molecule has 2 rings (SSSR count).